The Hall–Kier alpha value is -2.24. The van der Waals surface area contributed by atoms with Crippen LogP contribution in [-0.4, -0.2) is 15.7 Å². The summed E-state index contributed by atoms with van der Waals surface area (Å²) < 4.78 is 26.7. The van der Waals surface area contributed by atoms with E-state index in [-0.39, 0.29) is 5.56 Å². The van der Waals surface area contributed by atoms with Crippen LogP contribution in [0.1, 0.15) is 28.0 Å². The standard InChI is InChI=1S/C13H13F2N3O/c1-8-3-5-9(6-4-8)16-13(19)10-7-18(2)17-11(10)12(14)15/h3-7,12H,1-2H3,(H,16,19). The van der Waals surface area contributed by atoms with Crippen LogP contribution in [0.3, 0.4) is 0 Å². The summed E-state index contributed by atoms with van der Waals surface area (Å²) in [4.78, 5) is 11.9. The zero-order valence-corrected chi connectivity index (χ0v) is 10.5. The highest BCUT2D eigenvalue weighted by molar-refractivity contribution is 6.05. The fourth-order valence-electron chi connectivity index (χ4n) is 1.68. The third-order valence-electron chi connectivity index (χ3n) is 2.62. The van der Waals surface area contributed by atoms with Gasteiger partial charge in [-0.25, -0.2) is 8.78 Å². The van der Waals surface area contributed by atoms with Gasteiger partial charge in [0, 0.05) is 18.9 Å². The van der Waals surface area contributed by atoms with Gasteiger partial charge in [0.25, 0.3) is 12.3 Å². The lowest BCUT2D eigenvalue weighted by atomic mass is 10.2. The molecule has 0 aliphatic carbocycles. The minimum Gasteiger partial charge on any atom is -0.322 e. The van der Waals surface area contributed by atoms with Crippen molar-refractivity contribution in [3.8, 4) is 0 Å². The van der Waals surface area contributed by atoms with E-state index in [1.54, 1.807) is 12.1 Å². The molecule has 2 rings (SSSR count). The van der Waals surface area contributed by atoms with Crippen molar-refractivity contribution >= 4 is 11.6 Å². The molecule has 1 aromatic heterocycles. The minimum atomic E-state index is -2.78. The van der Waals surface area contributed by atoms with Crippen LogP contribution in [0.25, 0.3) is 0 Å². The molecule has 2 aromatic rings. The third kappa shape index (κ3) is 2.96. The van der Waals surface area contributed by atoms with E-state index in [9.17, 15) is 13.6 Å². The van der Waals surface area contributed by atoms with Crippen molar-refractivity contribution < 1.29 is 13.6 Å². The zero-order chi connectivity index (χ0) is 14.0. The average molecular weight is 265 g/mol. The Labute approximate surface area is 109 Å². The van der Waals surface area contributed by atoms with Crippen molar-refractivity contribution in [2.24, 2.45) is 7.05 Å². The van der Waals surface area contributed by atoms with Crippen LogP contribution >= 0.6 is 0 Å². The molecular weight excluding hydrogens is 252 g/mol. The van der Waals surface area contributed by atoms with Crippen molar-refractivity contribution in [2.75, 3.05) is 5.32 Å². The fraction of sp³-hybridized carbons (Fsp3) is 0.231. The Morgan fingerprint density at radius 3 is 2.53 bits per heavy atom. The van der Waals surface area contributed by atoms with Gasteiger partial charge < -0.3 is 5.32 Å². The van der Waals surface area contributed by atoms with Gasteiger partial charge in [0.05, 0.1) is 5.56 Å². The zero-order valence-electron chi connectivity index (χ0n) is 10.5. The lowest BCUT2D eigenvalue weighted by molar-refractivity contribution is 0.101. The van der Waals surface area contributed by atoms with Gasteiger partial charge in [-0.2, -0.15) is 5.10 Å². The van der Waals surface area contributed by atoms with Gasteiger partial charge in [-0.15, -0.1) is 0 Å². The molecule has 6 heteroatoms. The van der Waals surface area contributed by atoms with E-state index in [1.807, 2.05) is 19.1 Å². The molecule has 0 aliphatic rings. The molecule has 1 heterocycles. The highest BCUT2D eigenvalue weighted by atomic mass is 19.3. The van der Waals surface area contributed by atoms with E-state index in [2.05, 4.69) is 10.4 Å². The van der Waals surface area contributed by atoms with Crippen molar-refractivity contribution in [2.45, 2.75) is 13.3 Å². The summed E-state index contributed by atoms with van der Waals surface area (Å²) in [5.41, 5.74) is 0.984. The second kappa shape index (κ2) is 5.17. The Morgan fingerprint density at radius 1 is 1.32 bits per heavy atom. The molecule has 0 saturated carbocycles. The summed E-state index contributed by atoms with van der Waals surface area (Å²) >= 11 is 0. The topological polar surface area (TPSA) is 46.9 Å². The molecule has 1 N–H and O–H groups in total. The maximum absolute atomic E-state index is 12.7. The summed E-state index contributed by atoms with van der Waals surface area (Å²) in [6.45, 7) is 1.92. The number of hydrogen-bond acceptors (Lipinski definition) is 2. The SMILES string of the molecule is Cc1ccc(NC(=O)c2cn(C)nc2C(F)F)cc1. The summed E-state index contributed by atoms with van der Waals surface area (Å²) in [6.07, 6.45) is -1.50. The summed E-state index contributed by atoms with van der Waals surface area (Å²) in [5.74, 6) is -0.591. The van der Waals surface area contributed by atoms with Crippen molar-refractivity contribution in [3.63, 3.8) is 0 Å². The van der Waals surface area contributed by atoms with Crippen molar-refractivity contribution in [1.29, 1.82) is 0 Å². The monoisotopic (exact) mass is 265 g/mol. The second-order valence-electron chi connectivity index (χ2n) is 4.22. The van der Waals surface area contributed by atoms with E-state index in [4.69, 9.17) is 0 Å². The molecule has 0 bridgehead atoms. The van der Waals surface area contributed by atoms with Gasteiger partial charge in [0.15, 0.2) is 0 Å². The Morgan fingerprint density at radius 2 is 1.95 bits per heavy atom. The van der Waals surface area contributed by atoms with E-state index < -0.39 is 18.0 Å². The number of carbonyl (C=O) groups is 1. The first-order valence-corrected chi connectivity index (χ1v) is 5.67. The largest absolute Gasteiger partial charge is 0.322 e. The number of benzene rings is 1. The summed E-state index contributed by atoms with van der Waals surface area (Å²) in [7, 11) is 1.49. The number of hydrogen-bond donors (Lipinski definition) is 1. The summed E-state index contributed by atoms with van der Waals surface area (Å²) in [6, 6.07) is 7.08. The van der Waals surface area contributed by atoms with Crippen LogP contribution in [0.2, 0.25) is 0 Å². The average Bonchev–Trinajstić information content (AvgIpc) is 2.74. The normalized spacial score (nSPS) is 10.8. The predicted molar refractivity (Wildman–Crippen MR) is 67.3 cm³/mol. The first kappa shape index (κ1) is 13.2. The maximum atomic E-state index is 12.7. The van der Waals surface area contributed by atoms with E-state index >= 15 is 0 Å². The molecule has 0 fully saturated rings. The quantitative estimate of drug-likeness (QED) is 0.927. The van der Waals surface area contributed by atoms with Crippen molar-refractivity contribution in [1.82, 2.24) is 9.78 Å². The first-order valence-electron chi connectivity index (χ1n) is 5.67. The van der Waals surface area contributed by atoms with Crippen LogP contribution in [0.15, 0.2) is 30.5 Å². The number of carbonyl (C=O) groups excluding carboxylic acids is 1. The van der Waals surface area contributed by atoms with Crippen LogP contribution in [-0.2, 0) is 7.05 Å². The molecular formula is C13H13F2N3O. The van der Waals surface area contributed by atoms with Crippen molar-refractivity contribution in [3.05, 3.63) is 47.3 Å². The molecule has 0 saturated heterocycles. The first-order chi connectivity index (χ1) is 8.97. The fourth-order valence-corrected chi connectivity index (χ4v) is 1.68. The summed E-state index contributed by atoms with van der Waals surface area (Å²) in [5, 5.41) is 6.16. The van der Waals surface area contributed by atoms with Crippen LogP contribution in [0.4, 0.5) is 14.5 Å². The van der Waals surface area contributed by atoms with Crippen LogP contribution in [0.5, 0.6) is 0 Å². The Balaban J connectivity index is 2.22. The van der Waals surface area contributed by atoms with Gasteiger partial charge in [-0.1, -0.05) is 17.7 Å². The molecule has 1 amide bonds. The number of rotatable bonds is 3. The number of alkyl halides is 2. The molecule has 0 atom stereocenters. The van der Waals surface area contributed by atoms with E-state index in [0.717, 1.165) is 5.56 Å². The number of anilines is 1. The number of halogens is 2. The van der Waals surface area contributed by atoms with E-state index in [1.165, 1.54) is 17.9 Å². The smallest absolute Gasteiger partial charge is 0.282 e. The van der Waals surface area contributed by atoms with Gasteiger partial charge in [-0.3, -0.25) is 9.48 Å². The molecule has 0 aliphatic heterocycles. The molecule has 1 aromatic carbocycles. The highest BCUT2D eigenvalue weighted by Gasteiger charge is 2.22. The lowest BCUT2D eigenvalue weighted by Gasteiger charge is -2.05. The van der Waals surface area contributed by atoms with Gasteiger partial charge in [0.2, 0.25) is 0 Å². The number of nitrogens with one attached hydrogen (secondary N) is 1. The van der Waals surface area contributed by atoms with E-state index in [0.29, 0.717) is 5.69 Å². The molecule has 0 unspecified atom stereocenters. The number of aromatic nitrogens is 2. The number of aryl methyl sites for hydroxylation is 2. The van der Waals surface area contributed by atoms with Gasteiger partial charge in [0.1, 0.15) is 5.69 Å². The molecule has 19 heavy (non-hydrogen) atoms. The lowest BCUT2D eigenvalue weighted by Crippen LogP contribution is -2.13. The third-order valence-corrected chi connectivity index (χ3v) is 2.62. The Kier molecular flexibility index (Phi) is 3.59. The van der Waals surface area contributed by atoms with Crippen LogP contribution in [0, 0.1) is 6.92 Å². The minimum absolute atomic E-state index is 0.113. The number of nitrogens with zero attached hydrogens (tertiary/aromatic N) is 2. The number of amides is 1. The Bertz CT molecular complexity index is 590. The molecule has 4 nitrogen and oxygen atoms in total. The highest BCUT2D eigenvalue weighted by Crippen LogP contribution is 2.22. The predicted octanol–water partition coefficient (Wildman–Crippen LogP) is 2.92. The maximum Gasteiger partial charge on any atom is 0.282 e. The molecule has 0 spiro atoms. The molecule has 0 radical (unpaired) electrons. The van der Waals surface area contributed by atoms with Crippen LogP contribution < -0.4 is 5.32 Å². The van der Waals surface area contributed by atoms with Gasteiger partial charge >= 0.3 is 0 Å². The van der Waals surface area contributed by atoms with Gasteiger partial charge in [-0.05, 0) is 19.1 Å². The second-order valence-corrected chi connectivity index (χ2v) is 4.22. The molecule has 100 valence electrons.